The van der Waals surface area contributed by atoms with Gasteiger partial charge in [-0.05, 0) is 30.9 Å². The van der Waals surface area contributed by atoms with E-state index in [2.05, 4.69) is 5.32 Å². The molecule has 2 amide bonds. The molecule has 2 N–H and O–H groups in total. The largest absolute Gasteiger partial charge is 0.393 e. The second-order valence-corrected chi connectivity index (χ2v) is 4.78. The minimum Gasteiger partial charge on any atom is -0.393 e. The average molecular weight is 252 g/mol. The van der Waals surface area contributed by atoms with E-state index in [1.54, 1.807) is 19.2 Å². The highest BCUT2D eigenvalue weighted by Crippen LogP contribution is 2.27. The number of carbonyl (C=O) groups is 1. The lowest BCUT2D eigenvalue weighted by Gasteiger charge is -2.34. The second-order valence-electron chi connectivity index (χ2n) is 4.78. The van der Waals surface area contributed by atoms with E-state index >= 15 is 0 Å². The van der Waals surface area contributed by atoms with Crippen LogP contribution in [0.1, 0.15) is 12.8 Å². The summed E-state index contributed by atoms with van der Waals surface area (Å²) in [6, 6.07) is 5.74. The molecular weight excluding hydrogens is 235 g/mol. The Morgan fingerprint density at radius 2 is 2.17 bits per heavy atom. The molecule has 0 radical (unpaired) electrons. The van der Waals surface area contributed by atoms with Gasteiger partial charge in [-0.1, -0.05) is 12.1 Å². The maximum atomic E-state index is 13.3. The van der Waals surface area contributed by atoms with Crippen molar-refractivity contribution in [3.05, 3.63) is 30.1 Å². The quantitative estimate of drug-likeness (QED) is 0.865. The number of anilines is 1. The number of rotatable bonds is 3. The van der Waals surface area contributed by atoms with Crippen LogP contribution in [0.15, 0.2) is 24.3 Å². The van der Waals surface area contributed by atoms with Gasteiger partial charge in [-0.2, -0.15) is 0 Å². The molecule has 2 rings (SSSR count). The van der Waals surface area contributed by atoms with Gasteiger partial charge in [0.25, 0.3) is 0 Å². The molecule has 1 aliphatic rings. The Balaban J connectivity index is 1.86. The number of hydrogen-bond donors (Lipinski definition) is 2. The predicted molar refractivity (Wildman–Crippen MR) is 66.8 cm³/mol. The number of nitrogens with one attached hydrogen (secondary N) is 1. The van der Waals surface area contributed by atoms with Gasteiger partial charge < -0.3 is 15.3 Å². The van der Waals surface area contributed by atoms with Gasteiger partial charge >= 0.3 is 6.03 Å². The Bertz CT molecular complexity index is 433. The van der Waals surface area contributed by atoms with E-state index in [1.807, 2.05) is 0 Å². The fourth-order valence-corrected chi connectivity index (χ4v) is 2.09. The number of benzene rings is 1. The zero-order valence-electron chi connectivity index (χ0n) is 10.3. The molecule has 1 saturated carbocycles. The van der Waals surface area contributed by atoms with E-state index in [1.165, 1.54) is 17.0 Å². The minimum atomic E-state index is -0.446. The van der Waals surface area contributed by atoms with Crippen molar-refractivity contribution < 1.29 is 14.3 Å². The molecule has 0 unspecified atom stereocenters. The number of amides is 2. The predicted octanol–water partition coefficient (Wildman–Crippen LogP) is 2.06. The van der Waals surface area contributed by atoms with Crippen LogP contribution in [-0.4, -0.2) is 35.7 Å². The highest BCUT2D eigenvalue weighted by atomic mass is 19.1. The highest BCUT2D eigenvalue weighted by Gasteiger charge is 2.29. The van der Waals surface area contributed by atoms with Crippen LogP contribution < -0.4 is 5.32 Å². The molecule has 0 saturated heterocycles. The van der Waals surface area contributed by atoms with Crippen LogP contribution in [0, 0.1) is 11.7 Å². The summed E-state index contributed by atoms with van der Waals surface area (Å²) < 4.78 is 13.3. The molecular formula is C13H17FN2O2. The van der Waals surface area contributed by atoms with E-state index in [0.29, 0.717) is 12.5 Å². The number of para-hydroxylation sites is 1. The van der Waals surface area contributed by atoms with Crippen molar-refractivity contribution in [2.24, 2.45) is 5.92 Å². The van der Waals surface area contributed by atoms with E-state index in [9.17, 15) is 14.3 Å². The number of hydrogen-bond acceptors (Lipinski definition) is 2. The van der Waals surface area contributed by atoms with Gasteiger partial charge in [-0.25, -0.2) is 9.18 Å². The van der Waals surface area contributed by atoms with Crippen LogP contribution in [0.4, 0.5) is 14.9 Å². The first kappa shape index (κ1) is 12.8. The first-order valence-electron chi connectivity index (χ1n) is 6.01. The van der Waals surface area contributed by atoms with Crippen LogP contribution >= 0.6 is 0 Å². The maximum absolute atomic E-state index is 13.3. The number of urea groups is 1. The van der Waals surface area contributed by atoms with Gasteiger partial charge in [0.05, 0.1) is 11.8 Å². The zero-order valence-corrected chi connectivity index (χ0v) is 10.3. The summed E-state index contributed by atoms with van der Waals surface area (Å²) in [6.45, 7) is 0.581. The Hall–Kier alpha value is -1.62. The van der Waals surface area contributed by atoms with E-state index in [0.717, 1.165) is 12.8 Å². The van der Waals surface area contributed by atoms with Crippen molar-refractivity contribution in [2.75, 3.05) is 18.9 Å². The fourth-order valence-electron chi connectivity index (χ4n) is 2.09. The summed E-state index contributed by atoms with van der Waals surface area (Å²) >= 11 is 0. The molecule has 0 spiro atoms. The fraction of sp³-hybridized carbons (Fsp3) is 0.462. The van der Waals surface area contributed by atoms with Crippen molar-refractivity contribution >= 4 is 11.7 Å². The second kappa shape index (κ2) is 5.35. The Morgan fingerprint density at radius 3 is 2.78 bits per heavy atom. The zero-order chi connectivity index (χ0) is 13.1. The maximum Gasteiger partial charge on any atom is 0.321 e. The molecule has 1 aromatic rings. The lowest BCUT2D eigenvalue weighted by molar-refractivity contribution is 0.0332. The van der Waals surface area contributed by atoms with Gasteiger partial charge in [0.15, 0.2) is 0 Å². The van der Waals surface area contributed by atoms with Gasteiger partial charge in [-0.15, -0.1) is 0 Å². The minimum absolute atomic E-state index is 0.183. The normalized spacial score (nSPS) is 22.2. The molecule has 0 heterocycles. The summed E-state index contributed by atoms with van der Waals surface area (Å²) in [4.78, 5) is 13.3. The Labute approximate surface area is 105 Å². The summed E-state index contributed by atoms with van der Waals surface area (Å²) in [7, 11) is 1.67. The van der Waals surface area contributed by atoms with Crippen molar-refractivity contribution in [3.8, 4) is 0 Å². The standard InChI is InChI=1S/C13H17FN2O2/c1-16(8-9-6-10(17)7-9)13(18)15-12-5-3-2-4-11(12)14/h2-5,9-10,17H,6-8H2,1H3,(H,15,18). The SMILES string of the molecule is CN(CC1CC(O)C1)C(=O)Nc1ccccc1F. The third kappa shape index (κ3) is 2.98. The number of nitrogens with zero attached hydrogens (tertiary/aromatic N) is 1. The number of aliphatic hydroxyl groups is 1. The third-order valence-corrected chi connectivity index (χ3v) is 3.21. The smallest absolute Gasteiger partial charge is 0.321 e. The highest BCUT2D eigenvalue weighted by molar-refractivity contribution is 5.89. The molecule has 4 nitrogen and oxygen atoms in total. The lowest BCUT2D eigenvalue weighted by atomic mass is 9.82. The topological polar surface area (TPSA) is 52.6 Å². The molecule has 0 aromatic heterocycles. The molecule has 0 aliphatic heterocycles. The lowest BCUT2D eigenvalue weighted by Crippen LogP contribution is -2.41. The van der Waals surface area contributed by atoms with Crippen LogP contribution in [0.2, 0.25) is 0 Å². The summed E-state index contributed by atoms with van der Waals surface area (Å²) in [6.07, 6.45) is 1.24. The Morgan fingerprint density at radius 1 is 1.50 bits per heavy atom. The van der Waals surface area contributed by atoms with Gasteiger partial charge in [0.2, 0.25) is 0 Å². The molecule has 0 bridgehead atoms. The molecule has 0 atom stereocenters. The number of halogens is 1. The molecule has 98 valence electrons. The number of aliphatic hydroxyl groups excluding tert-OH is 1. The van der Waals surface area contributed by atoms with Crippen molar-refractivity contribution in [1.82, 2.24) is 4.90 Å². The van der Waals surface area contributed by atoms with Crippen molar-refractivity contribution in [3.63, 3.8) is 0 Å². The van der Waals surface area contributed by atoms with Crippen LogP contribution in [-0.2, 0) is 0 Å². The summed E-state index contributed by atoms with van der Waals surface area (Å²) in [5, 5.41) is 11.7. The molecule has 1 aromatic carbocycles. The molecule has 18 heavy (non-hydrogen) atoms. The van der Waals surface area contributed by atoms with E-state index in [4.69, 9.17) is 0 Å². The monoisotopic (exact) mass is 252 g/mol. The van der Waals surface area contributed by atoms with E-state index < -0.39 is 5.82 Å². The van der Waals surface area contributed by atoms with Gasteiger partial charge in [0, 0.05) is 13.6 Å². The average Bonchev–Trinajstić information content (AvgIpc) is 2.30. The number of carbonyl (C=O) groups excluding carboxylic acids is 1. The Kier molecular flexibility index (Phi) is 3.81. The first-order valence-corrected chi connectivity index (χ1v) is 6.01. The van der Waals surface area contributed by atoms with E-state index in [-0.39, 0.29) is 17.8 Å². The van der Waals surface area contributed by atoms with Crippen LogP contribution in [0.3, 0.4) is 0 Å². The molecule has 5 heteroatoms. The molecule has 1 fully saturated rings. The van der Waals surface area contributed by atoms with Gasteiger partial charge in [0.1, 0.15) is 5.82 Å². The first-order chi connectivity index (χ1) is 8.56. The summed E-state index contributed by atoms with van der Waals surface area (Å²) in [5.74, 6) is -0.102. The molecule has 1 aliphatic carbocycles. The van der Waals surface area contributed by atoms with Crippen molar-refractivity contribution in [1.29, 1.82) is 0 Å². The van der Waals surface area contributed by atoms with Gasteiger partial charge in [-0.3, -0.25) is 0 Å². The van der Waals surface area contributed by atoms with Crippen molar-refractivity contribution in [2.45, 2.75) is 18.9 Å². The van der Waals surface area contributed by atoms with Crippen LogP contribution in [0.25, 0.3) is 0 Å². The third-order valence-electron chi connectivity index (χ3n) is 3.21. The van der Waals surface area contributed by atoms with Crippen LogP contribution in [0.5, 0.6) is 0 Å². The summed E-state index contributed by atoms with van der Waals surface area (Å²) in [5.41, 5.74) is 0.183.